The summed E-state index contributed by atoms with van der Waals surface area (Å²) in [5, 5.41) is 6.68. The molecule has 0 bridgehead atoms. The topological polar surface area (TPSA) is 89.3 Å². The number of hydrogen-bond donors (Lipinski definition) is 1. The SMILES string of the molecule is CCOC(=O)C1=C(C)N(CC(=O)Nc2cc(F)ccc2F)c2ncnn2[C@H]1c1ccc(C)cc1. The van der Waals surface area contributed by atoms with Crippen molar-refractivity contribution < 1.29 is 23.1 Å². The molecule has 1 aromatic heterocycles. The Hall–Kier alpha value is -4.08. The fourth-order valence-electron chi connectivity index (χ4n) is 3.88. The van der Waals surface area contributed by atoms with Crippen molar-refractivity contribution in [3.8, 4) is 0 Å². The molecule has 3 aromatic rings. The largest absolute Gasteiger partial charge is 0.463 e. The van der Waals surface area contributed by atoms with Gasteiger partial charge in [0, 0.05) is 11.8 Å². The molecule has 0 aliphatic carbocycles. The molecule has 10 heteroatoms. The van der Waals surface area contributed by atoms with Crippen molar-refractivity contribution >= 4 is 23.5 Å². The highest BCUT2D eigenvalue weighted by Gasteiger charge is 2.38. The summed E-state index contributed by atoms with van der Waals surface area (Å²) in [5.74, 6) is -2.30. The van der Waals surface area contributed by atoms with E-state index in [-0.39, 0.29) is 18.8 Å². The van der Waals surface area contributed by atoms with Gasteiger partial charge in [-0.15, -0.1) is 0 Å². The molecule has 2 aromatic carbocycles. The highest BCUT2D eigenvalue weighted by molar-refractivity contribution is 5.96. The van der Waals surface area contributed by atoms with Crippen LogP contribution in [0.2, 0.25) is 0 Å². The van der Waals surface area contributed by atoms with Gasteiger partial charge in [-0.2, -0.15) is 10.1 Å². The number of anilines is 2. The normalized spacial score (nSPS) is 15.2. The van der Waals surface area contributed by atoms with Crippen molar-refractivity contribution in [2.75, 3.05) is 23.4 Å². The van der Waals surface area contributed by atoms with Gasteiger partial charge in [-0.25, -0.2) is 18.3 Å². The molecule has 2 heterocycles. The van der Waals surface area contributed by atoms with E-state index in [1.54, 1.807) is 18.5 Å². The van der Waals surface area contributed by atoms with Gasteiger partial charge in [0.05, 0.1) is 17.9 Å². The summed E-state index contributed by atoms with van der Waals surface area (Å²) in [5.41, 5.74) is 2.31. The summed E-state index contributed by atoms with van der Waals surface area (Å²) in [7, 11) is 0. The molecule has 176 valence electrons. The molecule has 0 unspecified atom stereocenters. The second-order valence-corrected chi connectivity index (χ2v) is 7.80. The van der Waals surface area contributed by atoms with Crippen molar-refractivity contribution in [3.63, 3.8) is 0 Å². The van der Waals surface area contributed by atoms with Gasteiger partial charge in [0.1, 0.15) is 30.5 Å². The standard InChI is InChI=1S/C24H23F2N5O3/c1-4-34-23(33)21-15(3)30(12-20(32)29-19-11-17(25)9-10-18(19)26)24-27-13-28-31(24)22(21)16-7-5-14(2)6-8-16/h5-11,13,22H,4,12H2,1-3H3,(H,29,32)/t22-/m0/s1. The van der Waals surface area contributed by atoms with Gasteiger partial charge in [-0.3, -0.25) is 4.79 Å². The van der Waals surface area contributed by atoms with Crippen LogP contribution in [-0.2, 0) is 14.3 Å². The van der Waals surface area contributed by atoms with Gasteiger partial charge in [0.25, 0.3) is 0 Å². The minimum Gasteiger partial charge on any atom is -0.463 e. The smallest absolute Gasteiger partial charge is 0.338 e. The number of benzene rings is 2. The number of carbonyl (C=O) groups excluding carboxylic acids is 2. The molecule has 0 spiro atoms. The van der Waals surface area contributed by atoms with E-state index in [0.717, 1.165) is 29.3 Å². The Kier molecular flexibility index (Phi) is 6.40. The number of rotatable bonds is 6. The monoisotopic (exact) mass is 467 g/mol. The van der Waals surface area contributed by atoms with E-state index in [0.29, 0.717) is 17.2 Å². The number of allylic oxidation sites excluding steroid dienone is 1. The van der Waals surface area contributed by atoms with Crippen LogP contribution in [0.4, 0.5) is 20.4 Å². The lowest BCUT2D eigenvalue weighted by Crippen LogP contribution is -2.41. The van der Waals surface area contributed by atoms with Crippen molar-refractivity contribution in [2.45, 2.75) is 26.8 Å². The van der Waals surface area contributed by atoms with Crippen LogP contribution in [0.1, 0.15) is 31.0 Å². The second-order valence-electron chi connectivity index (χ2n) is 7.80. The zero-order valence-corrected chi connectivity index (χ0v) is 18.9. The third kappa shape index (κ3) is 4.39. The van der Waals surface area contributed by atoms with Gasteiger partial charge in [-0.1, -0.05) is 29.8 Å². The number of carbonyl (C=O) groups is 2. The van der Waals surface area contributed by atoms with Gasteiger partial charge >= 0.3 is 5.97 Å². The molecular weight excluding hydrogens is 444 g/mol. The van der Waals surface area contributed by atoms with Gasteiger partial charge in [0.15, 0.2) is 0 Å². The maximum absolute atomic E-state index is 14.0. The number of esters is 1. The predicted molar refractivity (Wildman–Crippen MR) is 121 cm³/mol. The summed E-state index contributed by atoms with van der Waals surface area (Å²) in [6.45, 7) is 5.20. The molecule has 0 radical (unpaired) electrons. The summed E-state index contributed by atoms with van der Waals surface area (Å²) in [6.07, 6.45) is 1.33. The Morgan fingerprint density at radius 1 is 1.12 bits per heavy atom. The fraction of sp³-hybridized carbons (Fsp3) is 0.250. The highest BCUT2D eigenvalue weighted by atomic mass is 19.1. The number of nitrogens with one attached hydrogen (secondary N) is 1. The maximum Gasteiger partial charge on any atom is 0.338 e. The van der Waals surface area contributed by atoms with Crippen LogP contribution in [0.25, 0.3) is 0 Å². The Morgan fingerprint density at radius 3 is 2.56 bits per heavy atom. The molecule has 34 heavy (non-hydrogen) atoms. The number of hydrogen-bond acceptors (Lipinski definition) is 6. The summed E-state index contributed by atoms with van der Waals surface area (Å²) < 4.78 is 34.4. The second kappa shape index (κ2) is 9.42. The average molecular weight is 467 g/mol. The van der Waals surface area contributed by atoms with E-state index in [9.17, 15) is 18.4 Å². The van der Waals surface area contributed by atoms with Crippen LogP contribution in [-0.4, -0.2) is 39.8 Å². The first-order valence-electron chi connectivity index (χ1n) is 10.7. The maximum atomic E-state index is 14.0. The lowest BCUT2D eigenvalue weighted by molar-refractivity contribution is -0.139. The Bertz CT molecular complexity index is 1270. The van der Waals surface area contributed by atoms with Crippen LogP contribution >= 0.6 is 0 Å². The van der Waals surface area contributed by atoms with Crippen LogP contribution in [0.15, 0.2) is 60.1 Å². The quantitative estimate of drug-likeness (QED) is 0.556. The van der Waals surface area contributed by atoms with Crippen molar-refractivity contribution in [2.24, 2.45) is 0 Å². The summed E-state index contributed by atoms with van der Waals surface area (Å²) in [4.78, 5) is 31.6. The van der Waals surface area contributed by atoms with Crippen LogP contribution in [0.3, 0.4) is 0 Å². The molecule has 1 amide bonds. The number of aryl methyl sites for hydroxylation is 1. The number of aromatic nitrogens is 3. The third-order valence-electron chi connectivity index (χ3n) is 5.50. The Morgan fingerprint density at radius 2 is 1.85 bits per heavy atom. The van der Waals surface area contributed by atoms with Crippen LogP contribution in [0.5, 0.6) is 0 Å². The lowest BCUT2D eigenvalue weighted by atomic mass is 9.94. The van der Waals surface area contributed by atoms with Crippen LogP contribution in [0, 0.1) is 18.6 Å². The van der Waals surface area contributed by atoms with E-state index in [1.807, 2.05) is 31.2 Å². The zero-order valence-electron chi connectivity index (χ0n) is 18.9. The molecule has 1 atom stereocenters. The van der Waals surface area contributed by atoms with Crippen LogP contribution < -0.4 is 10.2 Å². The number of nitrogens with zero attached hydrogens (tertiary/aromatic N) is 4. The lowest BCUT2D eigenvalue weighted by Gasteiger charge is -2.35. The molecule has 8 nitrogen and oxygen atoms in total. The Balaban J connectivity index is 1.73. The number of fused-ring (bicyclic) bond motifs is 1. The molecule has 0 fully saturated rings. The molecule has 1 N–H and O–H groups in total. The van der Waals surface area contributed by atoms with Crippen molar-refractivity contribution in [1.82, 2.24) is 14.8 Å². The summed E-state index contributed by atoms with van der Waals surface area (Å²) in [6, 6.07) is 9.82. The molecule has 1 aliphatic heterocycles. The first-order chi connectivity index (χ1) is 16.3. The van der Waals surface area contributed by atoms with E-state index in [1.165, 1.54) is 11.2 Å². The molecule has 4 rings (SSSR count). The molecular formula is C24H23F2N5O3. The van der Waals surface area contributed by atoms with Gasteiger partial charge in [-0.05, 0) is 38.5 Å². The van der Waals surface area contributed by atoms with Gasteiger partial charge < -0.3 is 15.0 Å². The Labute approximate surface area is 194 Å². The minimum atomic E-state index is -0.768. The van der Waals surface area contributed by atoms with E-state index in [4.69, 9.17) is 4.74 Å². The number of ether oxygens (including phenoxy) is 1. The van der Waals surface area contributed by atoms with Crippen molar-refractivity contribution in [3.05, 3.63) is 82.8 Å². The number of halogens is 2. The highest BCUT2D eigenvalue weighted by Crippen LogP contribution is 2.38. The zero-order chi connectivity index (χ0) is 24.4. The first-order valence-corrected chi connectivity index (χ1v) is 10.7. The van der Waals surface area contributed by atoms with Crippen molar-refractivity contribution in [1.29, 1.82) is 0 Å². The van der Waals surface area contributed by atoms with E-state index in [2.05, 4.69) is 15.4 Å². The first kappa shape index (κ1) is 23.1. The molecule has 0 saturated carbocycles. The molecule has 0 saturated heterocycles. The predicted octanol–water partition coefficient (Wildman–Crippen LogP) is 3.75. The number of amides is 1. The van der Waals surface area contributed by atoms with E-state index < -0.39 is 29.6 Å². The summed E-state index contributed by atoms with van der Waals surface area (Å²) >= 11 is 0. The fourth-order valence-corrected chi connectivity index (χ4v) is 3.88. The van der Waals surface area contributed by atoms with Gasteiger partial charge in [0.2, 0.25) is 11.9 Å². The minimum absolute atomic E-state index is 0.166. The van der Waals surface area contributed by atoms with E-state index >= 15 is 0 Å². The average Bonchev–Trinajstić information content (AvgIpc) is 3.28. The third-order valence-corrected chi connectivity index (χ3v) is 5.50. The molecule has 1 aliphatic rings.